The molecule has 9 heteroatoms. The van der Waals surface area contributed by atoms with E-state index in [2.05, 4.69) is 10.4 Å². The first-order valence-corrected chi connectivity index (χ1v) is 9.97. The molecule has 30 heavy (non-hydrogen) atoms. The molecule has 4 nitrogen and oxygen atoms in total. The van der Waals surface area contributed by atoms with Gasteiger partial charge in [0.15, 0.2) is 0 Å². The number of halogens is 4. The lowest BCUT2D eigenvalue weighted by molar-refractivity contribution is -0.136. The molecule has 0 bridgehead atoms. The Bertz CT molecular complexity index is 1190. The van der Waals surface area contributed by atoms with Gasteiger partial charge in [-0.25, -0.2) is 4.68 Å². The van der Waals surface area contributed by atoms with Gasteiger partial charge in [0.25, 0.3) is 5.91 Å². The second-order valence-corrected chi connectivity index (χ2v) is 7.61. The molecule has 1 amide bonds. The Hall–Kier alpha value is -3.10. The van der Waals surface area contributed by atoms with Crippen LogP contribution in [0.3, 0.4) is 0 Å². The summed E-state index contributed by atoms with van der Waals surface area (Å²) < 4.78 is 41.6. The van der Waals surface area contributed by atoms with Gasteiger partial charge < -0.3 is 5.32 Å². The summed E-state index contributed by atoms with van der Waals surface area (Å²) in [5.74, 6) is -0.757. The number of carbonyl (C=O) groups is 1. The average Bonchev–Trinajstić information content (AvgIpc) is 3.39. The highest BCUT2D eigenvalue weighted by Gasteiger charge is 2.35. The maximum absolute atomic E-state index is 13.4. The standard InChI is InChI=1S/C21H13ClF3N3OS/c22-15-9-4-8-14(21(23,24)25)19(15)26-20(29)17-12-16(18-10-5-11-30-18)27-28(17)13-6-2-1-3-7-13/h1-12H,(H,26,29). The summed E-state index contributed by atoms with van der Waals surface area (Å²) in [7, 11) is 0. The minimum atomic E-state index is -4.67. The van der Waals surface area contributed by atoms with Crippen LogP contribution in [-0.2, 0) is 6.18 Å². The van der Waals surface area contributed by atoms with E-state index in [9.17, 15) is 18.0 Å². The van der Waals surface area contributed by atoms with E-state index in [-0.39, 0.29) is 10.7 Å². The molecule has 0 saturated carbocycles. The van der Waals surface area contributed by atoms with E-state index in [1.54, 1.807) is 24.3 Å². The van der Waals surface area contributed by atoms with Crippen LogP contribution in [-0.4, -0.2) is 15.7 Å². The molecule has 0 saturated heterocycles. The number of thiophene rings is 1. The minimum absolute atomic E-state index is 0.0812. The number of nitrogens with zero attached hydrogens (tertiary/aromatic N) is 2. The van der Waals surface area contributed by atoms with Crippen molar-refractivity contribution < 1.29 is 18.0 Å². The van der Waals surface area contributed by atoms with Crippen LogP contribution < -0.4 is 5.32 Å². The van der Waals surface area contributed by atoms with Crippen molar-refractivity contribution in [2.45, 2.75) is 6.18 Å². The summed E-state index contributed by atoms with van der Waals surface area (Å²) >= 11 is 7.41. The molecule has 0 aliphatic rings. The highest BCUT2D eigenvalue weighted by Crippen LogP contribution is 2.39. The summed E-state index contributed by atoms with van der Waals surface area (Å²) in [6, 6.07) is 17.4. The number of aromatic nitrogens is 2. The van der Waals surface area contributed by atoms with E-state index in [0.29, 0.717) is 11.4 Å². The summed E-state index contributed by atoms with van der Waals surface area (Å²) in [6.07, 6.45) is -4.67. The van der Waals surface area contributed by atoms with Crippen molar-refractivity contribution in [2.75, 3.05) is 5.32 Å². The molecule has 2 aromatic carbocycles. The smallest absolute Gasteiger partial charge is 0.319 e. The van der Waals surface area contributed by atoms with E-state index in [0.717, 1.165) is 10.9 Å². The van der Waals surface area contributed by atoms with Crippen molar-refractivity contribution in [3.05, 3.63) is 88.4 Å². The van der Waals surface area contributed by atoms with Gasteiger partial charge in [-0.1, -0.05) is 41.9 Å². The normalized spacial score (nSPS) is 11.5. The van der Waals surface area contributed by atoms with Crippen LogP contribution in [0.25, 0.3) is 16.3 Å². The molecule has 0 spiro atoms. The zero-order valence-corrected chi connectivity index (χ0v) is 16.7. The van der Waals surface area contributed by atoms with Crippen molar-refractivity contribution in [1.82, 2.24) is 9.78 Å². The molecule has 4 rings (SSSR count). The highest BCUT2D eigenvalue weighted by molar-refractivity contribution is 7.13. The van der Waals surface area contributed by atoms with Gasteiger partial charge in [-0.3, -0.25) is 4.79 Å². The molecule has 152 valence electrons. The van der Waals surface area contributed by atoms with Crippen LogP contribution in [0.4, 0.5) is 18.9 Å². The van der Waals surface area contributed by atoms with Gasteiger partial charge in [-0.15, -0.1) is 11.3 Å². The molecule has 0 unspecified atom stereocenters. The second kappa shape index (κ2) is 7.97. The van der Waals surface area contributed by atoms with E-state index >= 15 is 0 Å². The molecule has 1 N–H and O–H groups in total. The predicted molar refractivity (Wildman–Crippen MR) is 111 cm³/mol. The SMILES string of the molecule is O=C(Nc1c(Cl)cccc1C(F)(F)F)c1cc(-c2cccs2)nn1-c1ccccc1. The summed E-state index contributed by atoms with van der Waals surface area (Å²) in [4.78, 5) is 13.9. The maximum Gasteiger partial charge on any atom is 0.418 e. The van der Waals surface area contributed by atoms with Gasteiger partial charge in [-0.05, 0) is 41.8 Å². The lowest BCUT2D eigenvalue weighted by atomic mass is 10.1. The Morgan fingerprint density at radius 3 is 2.47 bits per heavy atom. The zero-order chi connectivity index (χ0) is 21.3. The molecule has 0 aliphatic carbocycles. The topological polar surface area (TPSA) is 46.9 Å². The number of para-hydroxylation sites is 2. The Kier molecular flexibility index (Phi) is 5.36. The quantitative estimate of drug-likeness (QED) is 0.387. The first-order valence-electron chi connectivity index (χ1n) is 8.71. The van der Waals surface area contributed by atoms with Crippen molar-refractivity contribution in [3.63, 3.8) is 0 Å². The Morgan fingerprint density at radius 2 is 1.80 bits per heavy atom. The highest BCUT2D eigenvalue weighted by atomic mass is 35.5. The molecular weight excluding hydrogens is 435 g/mol. The molecule has 2 heterocycles. The monoisotopic (exact) mass is 447 g/mol. The summed E-state index contributed by atoms with van der Waals surface area (Å²) in [5.41, 5.74) is -0.296. The fourth-order valence-corrected chi connectivity index (χ4v) is 3.82. The minimum Gasteiger partial charge on any atom is -0.319 e. The molecule has 4 aromatic rings. The van der Waals surface area contributed by atoms with E-state index < -0.39 is 23.3 Å². The fourth-order valence-electron chi connectivity index (χ4n) is 2.92. The maximum atomic E-state index is 13.4. The van der Waals surface area contributed by atoms with Gasteiger partial charge in [-0.2, -0.15) is 18.3 Å². The number of carbonyl (C=O) groups excluding carboxylic acids is 1. The van der Waals surface area contributed by atoms with Crippen molar-refractivity contribution in [3.8, 4) is 16.3 Å². The number of alkyl halides is 3. The number of rotatable bonds is 4. The molecule has 0 fully saturated rings. The molecule has 0 radical (unpaired) electrons. The third kappa shape index (κ3) is 3.96. The van der Waals surface area contributed by atoms with E-state index in [1.165, 1.54) is 34.2 Å². The Labute approximate surface area is 178 Å². The number of anilines is 1. The number of amides is 1. The molecular formula is C21H13ClF3N3OS. The summed E-state index contributed by atoms with van der Waals surface area (Å²) in [5, 5.41) is 8.48. The fraction of sp³-hybridized carbons (Fsp3) is 0.0476. The summed E-state index contributed by atoms with van der Waals surface area (Å²) in [6.45, 7) is 0. The Morgan fingerprint density at radius 1 is 1.03 bits per heavy atom. The second-order valence-electron chi connectivity index (χ2n) is 6.25. The van der Waals surface area contributed by atoms with Gasteiger partial charge in [0.2, 0.25) is 0 Å². The van der Waals surface area contributed by atoms with E-state index in [4.69, 9.17) is 11.6 Å². The predicted octanol–water partition coefficient (Wildman–Crippen LogP) is 6.53. The number of nitrogens with one attached hydrogen (secondary N) is 1. The molecule has 0 atom stereocenters. The van der Waals surface area contributed by atoms with Crippen LogP contribution in [0.2, 0.25) is 5.02 Å². The first-order chi connectivity index (χ1) is 14.3. The molecule has 0 aliphatic heterocycles. The number of benzene rings is 2. The number of hydrogen-bond acceptors (Lipinski definition) is 3. The van der Waals surface area contributed by atoms with Crippen LogP contribution in [0.15, 0.2) is 72.1 Å². The van der Waals surface area contributed by atoms with Gasteiger partial charge in [0.1, 0.15) is 11.4 Å². The van der Waals surface area contributed by atoms with Crippen molar-refractivity contribution >= 4 is 34.5 Å². The third-order valence-electron chi connectivity index (χ3n) is 4.27. The average molecular weight is 448 g/mol. The lowest BCUT2D eigenvalue weighted by Gasteiger charge is -2.15. The van der Waals surface area contributed by atoms with Crippen LogP contribution >= 0.6 is 22.9 Å². The van der Waals surface area contributed by atoms with Crippen LogP contribution in [0, 0.1) is 0 Å². The van der Waals surface area contributed by atoms with E-state index in [1.807, 2.05) is 23.6 Å². The molecule has 2 aromatic heterocycles. The first kappa shape index (κ1) is 20.2. The largest absolute Gasteiger partial charge is 0.418 e. The van der Waals surface area contributed by atoms with Gasteiger partial charge in [0, 0.05) is 0 Å². The lowest BCUT2D eigenvalue weighted by Crippen LogP contribution is -2.20. The number of hydrogen-bond donors (Lipinski definition) is 1. The van der Waals surface area contributed by atoms with Gasteiger partial charge >= 0.3 is 6.18 Å². The van der Waals surface area contributed by atoms with Gasteiger partial charge in [0.05, 0.1) is 26.8 Å². The van der Waals surface area contributed by atoms with Crippen molar-refractivity contribution in [2.24, 2.45) is 0 Å². The third-order valence-corrected chi connectivity index (χ3v) is 5.48. The zero-order valence-electron chi connectivity index (χ0n) is 15.2. The van der Waals surface area contributed by atoms with Crippen molar-refractivity contribution in [1.29, 1.82) is 0 Å². The van der Waals surface area contributed by atoms with Crippen LogP contribution in [0.5, 0.6) is 0 Å². The van der Waals surface area contributed by atoms with Crippen LogP contribution in [0.1, 0.15) is 16.1 Å². The Balaban J connectivity index is 1.79.